The van der Waals surface area contributed by atoms with Crippen molar-refractivity contribution < 1.29 is 4.39 Å². The van der Waals surface area contributed by atoms with E-state index in [1.165, 1.54) is 0 Å². The molecule has 0 amide bonds. The van der Waals surface area contributed by atoms with Crippen molar-refractivity contribution in [1.82, 2.24) is 0 Å². The van der Waals surface area contributed by atoms with Gasteiger partial charge in [-0.15, -0.1) is 0 Å². The van der Waals surface area contributed by atoms with Crippen molar-refractivity contribution in [2.75, 3.05) is 0 Å². The zero-order chi connectivity index (χ0) is 8.15. The molecule has 0 heterocycles. The predicted octanol–water partition coefficient (Wildman–Crippen LogP) is 2.81. The maximum absolute atomic E-state index is 12.8. The number of aliphatic imine (C=N–C) groups is 1. The summed E-state index contributed by atoms with van der Waals surface area (Å²) in [5.74, 6) is -0.222. The van der Waals surface area contributed by atoms with Crippen LogP contribution >= 0.6 is 0 Å². The number of hydrogen-bond acceptors (Lipinski definition) is 1. The zero-order valence-electron chi connectivity index (χ0n) is 7.19. The van der Waals surface area contributed by atoms with Gasteiger partial charge in [0, 0.05) is 12.0 Å². The van der Waals surface area contributed by atoms with Gasteiger partial charge in [-0.2, -0.15) is 4.39 Å². The summed E-state index contributed by atoms with van der Waals surface area (Å²) in [6, 6.07) is 0.0778. The van der Waals surface area contributed by atoms with Crippen LogP contribution in [0, 0.1) is 5.92 Å². The number of nitrogens with zero attached hydrogens (tertiary/aromatic N) is 1. The first-order valence-corrected chi connectivity index (χ1v) is 3.81. The second-order valence-corrected chi connectivity index (χ2v) is 2.85. The van der Waals surface area contributed by atoms with Crippen molar-refractivity contribution in [2.45, 2.75) is 40.2 Å². The molecule has 10 heavy (non-hydrogen) atoms. The Bertz CT molecular complexity index is 118. The summed E-state index contributed by atoms with van der Waals surface area (Å²) in [6.45, 7) is 7.56. The fourth-order valence-electron chi connectivity index (χ4n) is 0.542. The fraction of sp³-hybridized carbons (Fsp3) is 0.875. The zero-order valence-corrected chi connectivity index (χ0v) is 7.19. The molecule has 0 rings (SSSR count). The molecule has 0 spiro atoms. The largest absolute Gasteiger partial charge is 0.259 e. The van der Waals surface area contributed by atoms with Crippen molar-refractivity contribution in [1.29, 1.82) is 0 Å². The van der Waals surface area contributed by atoms with Crippen LogP contribution in [0.3, 0.4) is 0 Å². The van der Waals surface area contributed by atoms with Gasteiger partial charge in [-0.25, -0.2) is 0 Å². The summed E-state index contributed by atoms with van der Waals surface area (Å²) < 4.78 is 12.8. The lowest BCUT2D eigenvalue weighted by molar-refractivity contribution is 0.614. The highest BCUT2D eigenvalue weighted by Crippen LogP contribution is 2.06. The minimum absolute atomic E-state index is 0.0117. The molecule has 0 aliphatic heterocycles. The highest BCUT2D eigenvalue weighted by Gasteiger charge is 2.06. The molecule has 0 radical (unpaired) electrons. The van der Waals surface area contributed by atoms with Gasteiger partial charge in [-0.05, 0) is 20.3 Å². The van der Waals surface area contributed by atoms with Gasteiger partial charge >= 0.3 is 0 Å². The third kappa shape index (κ3) is 3.59. The lowest BCUT2D eigenvalue weighted by atomic mass is 10.1. The highest BCUT2D eigenvalue weighted by atomic mass is 19.1. The van der Waals surface area contributed by atoms with Crippen LogP contribution in [0.15, 0.2) is 4.99 Å². The minimum atomic E-state index is -0.211. The smallest absolute Gasteiger partial charge is 0.187 e. The first-order valence-electron chi connectivity index (χ1n) is 3.81. The van der Waals surface area contributed by atoms with Gasteiger partial charge in [0.1, 0.15) is 0 Å². The Morgan fingerprint density at radius 1 is 1.40 bits per heavy atom. The molecule has 0 fully saturated rings. The van der Waals surface area contributed by atoms with Crippen LogP contribution < -0.4 is 0 Å². The van der Waals surface area contributed by atoms with Gasteiger partial charge in [0.05, 0.1) is 0 Å². The molecule has 0 bridgehead atoms. The molecule has 1 atom stereocenters. The third-order valence-corrected chi connectivity index (χ3v) is 1.40. The molecule has 0 aromatic rings. The summed E-state index contributed by atoms with van der Waals surface area (Å²) in [6.07, 6.45) is 0.821. The quantitative estimate of drug-likeness (QED) is 0.541. The van der Waals surface area contributed by atoms with Crippen LogP contribution in [-0.4, -0.2) is 12.0 Å². The second kappa shape index (κ2) is 4.42. The second-order valence-electron chi connectivity index (χ2n) is 2.85. The van der Waals surface area contributed by atoms with E-state index in [1.54, 1.807) is 0 Å². The van der Waals surface area contributed by atoms with Crippen LogP contribution in [0.4, 0.5) is 4.39 Å². The molecular formula is C8H16FN. The standard InChI is InChI=1S/C8H16FN/c1-5-7(4)8(9)10-6(2)3/h6-7H,5H2,1-4H3/b10-8+. The average molecular weight is 145 g/mol. The van der Waals surface area contributed by atoms with Crippen LogP contribution in [0.5, 0.6) is 0 Å². The highest BCUT2D eigenvalue weighted by molar-refractivity contribution is 5.77. The van der Waals surface area contributed by atoms with Crippen LogP contribution in [0.1, 0.15) is 34.1 Å². The molecule has 60 valence electrons. The molecular weight excluding hydrogens is 129 g/mol. The maximum atomic E-state index is 12.8. The fourth-order valence-corrected chi connectivity index (χ4v) is 0.542. The van der Waals surface area contributed by atoms with Gasteiger partial charge < -0.3 is 0 Å². The first kappa shape index (κ1) is 9.60. The molecule has 0 aromatic carbocycles. The Balaban J connectivity index is 3.91. The van der Waals surface area contributed by atoms with Gasteiger partial charge in [0.15, 0.2) is 5.97 Å². The van der Waals surface area contributed by atoms with E-state index in [-0.39, 0.29) is 17.9 Å². The van der Waals surface area contributed by atoms with Crippen LogP contribution in [-0.2, 0) is 0 Å². The summed E-state index contributed by atoms with van der Waals surface area (Å²) >= 11 is 0. The Hall–Kier alpha value is -0.400. The first-order chi connectivity index (χ1) is 4.57. The van der Waals surface area contributed by atoms with E-state index in [4.69, 9.17) is 0 Å². The van der Waals surface area contributed by atoms with Crippen molar-refractivity contribution >= 4 is 5.97 Å². The van der Waals surface area contributed by atoms with E-state index < -0.39 is 0 Å². The van der Waals surface area contributed by atoms with Crippen LogP contribution in [0.25, 0.3) is 0 Å². The predicted molar refractivity (Wildman–Crippen MR) is 43.1 cm³/mol. The Morgan fingerprint density at radius 3 is 2.20 bits per heavy atom. The third-order valence-electron chi connectivity index (χ3n) is 1.40. The van der Waals surface area contributed by atoms with E-state index in [1.807, 2.05) is 27.7 Å². The Morgan fingerprint density at radius 2 is 1.90 bits per heavy atom. The SMILES string of the molecule is CCC(C)/C(F)=N\C(C)C. The van der Waals surface area contributed by atoms with Crippen molar-refractivity contribution in [2.24, 2.45) is 10.9 Å². The van der Waals surface area contributed by atoms with E-state index in [0.717, 1.165) is 6.42 Å². The molecule has 1 nitrogen and oxygen atoms in total. The van der Waals surface area contributed by atoms with E-state index in [9.17, 15) is 4.39 Å². The summed E-state index contributed by atoms with van der Waals surface area (Å²) in [4.78, 5) is 3.80. The molecule has 0 saturated carbocycles. The van der Waals surface area contributed by atoms with Gasteiger partial charge in [0.25, 0.3) is 0 Å². The van der Waals surface area contributed by atoms with Crippen molar-refractivity contribution in [3.63, 3.8) is 0 Å². The lowest BCUT2D eigenvalue weighted by Crippen LogP contribution is -2.06. The number of hydrogen-bond donors (Lipinski definition) is 0. The minimum Gasteiger partial charge on any atom is -0.259 e. The van der Waals surface area contributed by atoms with E-state index >= 15 is 0 Å². The van der Waals surface area contributed by atoms with E-state index in [0.29, 0.717) is 0 Å². The van der Waals surface area contributed by atoms with Gasteiger partial charge in [-0.3, -0.25) is 4.99 Å². The molecule has 1 unspecified atom stereocenters. The van der Waals surface area contributed by atoms with Crippen molar-refractivity contribution in [3.8, 4) is 0 Å². The average Bonchev–Trinajstić information content (AvgIpc) is 1.85. The van der Waals surface area contributed by atoms with E-state index in [2.05, 4.69) is 4.99 Å². The monoisotopic (exact) mass is 145 g/mol. The summed E-state index contributed by atoms with van der Waals surface area (Å²) in [7, 11) is 0. The topological polar surface area (TPSA) is 12.4 Å². The van der Waals surface area contributed by atoms with Crippen molar-refractivity contribution in [3.05, 3.63) is 0 Å². The molecule has 2 heteroatoms. The molecule has 0 N–H and O–H groups in total. The molecule has 0 saturated heterocycles. The maximum Gasteiger partial charge on any atom is 0.187 e. The molecule has 0 aliphatic rings. The summed E-state index contributed by atoms with van der Waals surface area (Å²) in [5, 5.41) is 0. The Labute approximate surface area is 62.4 Å². The van der Waals surface area contributed by atoms with Gasteiger partial charge in [0.2, 0.25) is 0 Å². The number of halogens is 1. The van der Waals surface area contributed by atoms with Crippen LogP contribution in [0.2, 0.25) is 0 Å². The number of rotatable bonds is 3. The normalized spacial score (nSPS) is 16.0. The van der Waals surface area contributed by atoms with Gasteiger partial charge in [-0.1, -0.05) is 13.8 Å². The molecule has 0 aromatic heterocycles. The lowest BCUT2D eigenvalue weighted by Gasteiger charge is -2.04. The Kier molecular flexibility index (Phi) is 4.24. The molecule has 0 aliphatic carbocycles. The summed E-state index contributed by atoms with van der Waals surface area (Å²) in [5.41, 5.74) is 0.